The van der Waals surface area contributed by atoms with E-state index in [1.54, 1.807) is 13.2 Å². The number of nitrogens with zero attached hydrogens (tertiary/aromatic N) is 2. The quantitative estimate of drug-likeness (QED) is 0.491. The number of fused-ring (bicyclic) bond motifs is 1. The molecular formula is C27H30N2O3S. The van der Waals surface area contributed by atoms with Crippen molar-refractivity contribution in [2.24, 2.45) is 0 Å². The van der Waals surface area contributed by atoms with Crippen molar-refractivity contribution >= 4 is 40.2 Å². The number of hydrogen-bond donors (Lipinski definition) is 0. The third-order valence-electron chi connectivity index (χ3n) is 6.23. The van der Waals surface area contributed by atoms with Gasteiger partial charge < -0.3 is 9.64 Å². The van der Waals surface area contributed by atoms with E-state index in [2.05, 4.69) is 44.7 Å². The molecule has 0 radical (unpaired) electrons. The summed E-state index contributed by atoms with van der Waals surface area (Å²) in [6.45, 7) is 11.8. The molecule has 4 rings (SSSR count). The number of likely N-dealkylation sites (N-methyl/N-ethyl adjacent to an activating group) is 1. The molecule has 0 spiro atoms. The Labute approximate surface area is 200 Å². The van der Waals surface area contributed by atoms with Gasteiger partial charge in [0.2, 0.25) is 0 Å². The van der Waals surface area contributed by atoms with Gasteiger partial charge in [0.1, 0.15) is 5.75 Å². The molecule has 0 bridgehead atoms. The lowest BCUT2D eigenvalue weighted by Gasteiger charge is -2.43. The number of benzene rings is 2. The Morgan fingerprint density at radius 1 is 1.12 bits per heavy atom. The molecule has 172 valence electrons. The molecule has 5 nitrogen and oxygen atoms in total. The summed E-state index contributed by atoms with van der Waals surface area (Å²) in [5.41, 5.74) is 6.14. The van der Waals surface area contributed by atoms with E-state index in [0.717, 1.165) is 46.2 Å². The highest BCUT2D eigenvalue weighted by Crippen LogP contribution is 2.43. The van der Waals surface area contributed by atoms with E-state index in [1.807, 2.05) is 37.3 Å². The number of carbonyl (C=O) groups is 2. The van der Waals surface area contributed by atoms with E-state index in [0.29, 0.717) is 10.7 Å². The standard InChI is InChI=1S/C27H30N2O3S/c1-7-29-22-14-23(32-6)20(12-21(22)18(3)15-27(29,4)5)13-24-25(30)28(26(31)33-24)16-19-10-8-9-17(2)11-19/h8-15H,7,16H2,1-6H3/b24-13+. The van der Waals surface area contributed by atoms with Crippen LogP contribution < -0.4 is 9.64 Å². The van der Waals surface area contributed by atoms with Gasteiger partial charge in [-0.2, -0.15) is 0 Å². The van der Waals surface area contributed by atoms with Gasteiger partial charge in [0.25, 0.3) is 11.1 Å². The van der Waals surface area contributed by atoms with Gasteiger partial charge in [-0.25, -0.2) is 0 Å². The molecule has 0 unspecified atom stereocenters. The number of allylic oxidation sites excluding steroid dienone is 1. The first-order valence-corrected chi connectivity index (χ1v) is 12.0. The normalized spacial score (nSPS) is 18.6. The predicted octanol–water partition coefficient (Wildman–Crippen LogP) is 6.26. The lowest BCUT2D eigenvalue weighted by Crippen LogP contribution is -2.44. The average molecular weight is 463 g/mol. The highest BCUT2D eigenvalue weighted by Gasteiger charge is 2.36. The van der Waals surface area contributed by atoms with Crippen molar-refractivity contribution in [2.75, 3.05) is 18.6 Å². The maximum atomic E-state index is 13.1. The van der Waals surface area contributed by atoms with Crippen LogP contribution in [-0.4, -0.2) is 35.2 Å². The Bertz CT molecular complexity index is 1200. The minimum atomic E-state index is -0.269. The van der Waals surface area contributed by atoms with Crippen molar-refractivity contribution in [2.45, 2.75) is 46.7 Å². The maximum absolute atomic E-state index is 13.1. The van der Waals surface area contributed by atoms with E-state index < -0.39 is 0 Å². The molecule has 2 aromatic rings. The summed E-state index contributed by atoms with van der Waals surface area (Å²) in [5.74, 6) is 0.415. The highest BCUT2D eigenvalue weighted by atomic mass is 32.2. The first kappa shape index (κ1) is 23.2. The Hall–Kier alpha value is -2.99. The number of rotatable bonds is 5. The number of methoxy groups -OCH3 is 1. The molecule has 1 fully saturated rings. The summed E-state index contributed by atoms with van der Waals surface area (Å²) in [4.78, 5) is 29.8. The van der Waals surface area contributed by atoms with Gasteiger partial charge in [0.05, 0.1) is 24.1 Å². The molecule has 2 aliphatic rings. The van der Waals surface area contributed by atoms with E-state index in [-0.39, 0.29) is 23.2 Å². The minimum absolute atomic E-state index is 0.100. The molecule has 33 heavy (non-hydrogen) atoms. The Morgan fingerprint density at radius 2 is 1.88 bits per heavy atom. The van der Waals surface area contributed by atoms with Gasteiger partial charge in [-0.1, -0.05) is 35.9 Å². The monoisotopic (exact) mass is 462 g/mol. The van der Waals surface area contributed by atoms with Crippen LogP contribution in [-0.2, 0) is 11.3 Å². The molecule has 6 heteroatoms. The molecule has 2 amide bonds. The second kappa shape index (κ2) is 8.75. The van der Waals surface area contributed by atoms with Gasteiger partial charge in [-0.05, 0) is 69.7 Å². The molecule has 2 aliphatic heterocycles. The molecule has 0 saturated carbocycles. The van der Waals surface area contributed by atoms with Gasteiger partial charge in [-0.3, -0.25) is 14.5 Å². The van der Waals surface area contributed by atoms with Crippen LogP contribution in [0.3, 0.4) is 0 Å². The molecule has 2 heterocycles. The summed E-state index contributed by atoms with van der Waals surface area (Å²) >= 11 is 0.980. The topological polar surface area (TPSA) is 49.9 Å². The first-order chi connectivity index (χ1) is 15.6. The number of ether oxygens (including phenoxy) is 1. The second-order valence-electron chi connectivity index (χ2n) is 9.09. The lowest BCUT2D eigenvalue weighted by atomic mass is 9.87. The zero-order chi connectivity index (χ0) is 23.9. The van der Waals surface area contributed by atoms with Crippen molar-refractivity contribution in [1.29, 1.82) is 0 Å². The van der Waals surface area contributed by atoms with E-state index >= 15 is 0 Å². The summed E-state index contributed by atoms with van der Waals surface area (Å²) in [6.07, 6.45) is 4.05. The summed E-state index contributed by atoms with van der Waals surface area (Å²) in [5, 5.41) is -0.250. The van der Waals surface area contributed by atoms with Gasteiger partial charge in [0, 0.05) is 29.4 Å². The fourth-order valence-corrected chi connectivity index (χ4v) is 5.59. The molecule has 0 aliphatic carbocycles. The van der Waals surface area contributed by atoms with Gasteiger partial charge in [0.15, 0.2) is 0 Å². The molecular weight excluding hydrogens is 432 g/mol. The SMILES string of the molecule is CCN1c2cc(OC)c(/C=C3/SC(=O)N(Cc4cccc(C)c4)C3=O)cc2C(C)=CC1(C)C. The van der Waals surface area contributed by atoms with Crippen LogP contribution in [0.25, 0.3) is 11.6 Å². The molecule has 0 atom stereocenters. The molecule has 0 aromatic heterocycles. The van der Waals surface area contributed by atoms with E-state index in [4.69, 9.17) is 4.74 Å². The Balaban J connectivity index is 1.70. The number of amides is 2. The van der Waals surface area contributed by atoms with Crippen LogP contribution in [0.2, 0.25) is 0 Å². The van der Waals surface area contributed by atoms with Gasteiger partial charge >= 0.3 is 0 Å². The van der Waals surface area contributed by atoms with Crippen LogP contribution in [0, 0.1) is 6.92 Å². The lowest BCUT2D eigenvalue weighted by molar-refractivity contribution is -0.123. The first-order valence-electron chi connectivity index (χ1n) is 11.1. The third kappa shape index (κ3) is 4.32. The number of carbonyl (C=O) groups excluding carboxylic acids is 2. The Morgan fingerprint density at radius 3 is 2.55 bits per heavy atom. The highest BCUT2D eigenvalue weighted by molar-refractivity contribution is 8.18. The van der Waals surface area contributed by atoms with Crippen LogP contribution in [0.1, 0.15) is 49.9 Å². The van der Waals surface area contributed by atoms with Crippen LogP contribution in [0.4, 0.5) is 10.5 Å². The molecule has 1 saturated heterocycles. The predicted molar refractivity (Wildman–Crippen MR) is 136 cm³/mol. The van der Waals surface area contributed by atoms with Crippen molar-refractivity contribution in [3.63, 3.8) is 0 Å². The summed E-state index contributed by atoms with van der Waals surface area (Å²) < 4.78 is 5.71. The largest absolute Gasteiger partial charge is 0.496 e. The number of anilines is 1. The maximum Gasteiger partial charge on any atom is 0.293 e. The zero-order valence-corrected chi connectivity index (χ0v) is 20.9. The smallest absolute Gasteiger partial charge is 0.293 e. The fraction of sp³-hybridized carbons (Fsp3) is 0.333. The van der Waals surface area contributed by atoms with E-state index in [9.17, 15) is 9.59 Å². The molecule has 0 N–H and O–H groups in total. The van der Waals surface area contributed by atoms with Crippen LogP contribution in [0.5, 0.6) is 5.75 Å². The Kier molecular flexibility index (Phi) is 6.14. The fourth-order valence-electron chi connectivity index (χ4n) is 4.76. The van der Waals surface area contributed by atoms with Crippen molar-refractivity contribution in [3.05, 3.63) is 69.6 Å². The number of imide groups is 1. The minimum Gasteiger partial charge on any atom is -0.496 e. The van der Waals surface area contributed by atoms with Gasteiger partial charge in [-0.15, -0.1) is 0 Å². The zero-order valence-electron chi connectivity index (χ0n) is 20.1. The average Bonchev–Trinajstić information content (AvgIpc) is 3.01. The summed E-state index contributed by atoms with van der Waals surface area (Å²) in [7, 11) is 1.63. The second-order valence-corrected chi connectivity index (χ2v) is 10.1. The number of thioether (sulfide) groups is 1. The number of hydrogen-bond acceptors (Lipinski definition) is 5. The van der Waals surface area contributed by atoms with E-state index in [1.165, 1.54) is 10.5 Å². The number of aryl methyl sites for hydroxylation is 1. The molecule has 2 aromatic carbocycles. The van der Waals surface area contributed by atoms with Crippen molar-refractivity contribution in [3.8, 4) is 5.75 Å². The van der Waals surface area contributed by atoms with Crippen LogP contribution >= 0.6 is 11.8 Å². The van der Waals surface area contributed by atoms with Crippen molar-refractivity contribution < 1.29 is 14.3 Å². The van der Waals surface area contributed by atoms with Crippen molar-refractivity contribution in [1.82, 2.24) is 4.90 Å². The van der Waals surface area contributed by atoms with Crippen LogP contribution in [0.15, 0.2) is 47.4 Å². The summed E-state index contributed by atoms with van der Waals surface area (Å²) in [6, 6.07) is 12.0. The third-order valence-corrected chi connectivity index (χ3v) is 7.14.